The predicted octanol–water partition coefficient (Wildman–Crippen LogP) is 1.96. The lowest BCUT2D eigenvalue weighted by Crippen LogP contribution is -2.20. The van der Waals surface area contributed by atoms with Gasteiger partial charge >= 0.3 is 6.18 Å². The summed E-state index contributed by atoms with van der Waals surface area (Å²) in [4.78, 5) is 3.49. The van der Waals surface area contributed by atoms with Crippen molar-refractivity contribution in [2.45, 2.75) is 19.7 Å². The summed E-state index contributed by atoms with van der Waals surface area (Å²) in [7, 11) is 0. The first-order chi connectivity index (χ1) is 7.33. The minimum Gasteiger partial charge on any atom is -0.466 e. The standard InChI is InChI=1S/C9H9F4NO2/c1-5-6(3-15)2-7(10)8(14-5)16-4-9(11,12)13/h2,15H,3-4H2,1H3. The molecule has 0 unspecified atom stereocenters. The lowest BCUT2D eigenvalue weighted by Gasteiger charge is -2.10. The number of nitrogens with zero attached hydrogens (tertiary/aromatic N) is 1. The van der Waals surface area contributed by atoms with Crippen molar-refractivity contribution in [3.63, 3.8) is 0 Å². The van der Waals surface area contributed by atoms with Gasteiger partial charge in [-0.05, 0) is 13.0 Å². The molecule has 1 N–H and O–H groups in total. The SMILES string of the molecule is Cc1nc(OCC(F)(F)F)c(F)cc1CO. The molecule has 1 aromatic heterocycles. The third-order valence-electron chi connectivity index (χ3n) is 1.78. The summed E-state index contributed by atoms with van der Waals surface area (Å²) in [5.41, 5.74) is 0.429. The van der Waals surface area contributed by atoms with Gasteiger partial charge < -0.3 is 9.84 Å². The van der Waals surface area contributed by atoms with Crippen molar-refractivity contribution in [2.24, 2.45) is 0 Å². The highest BCUT2D eigenvalue weighted by atomic mass is 19.4. The predicted molar refractivity (Wildman–Crippen MR) is 46.4 cm³/mol. The number of hydrogen-bond acceptors (Lipinski definition) is 3. The highest BCUT2D eigenvalue weighted by Gasteiger charge is 2.29. The van der Waals surface area contributed by atoms with E-state index in [-0.39, 0.29) is 11.3 Å². The van der Waals surface area contributed by atoms with Crippen LogP contribution in [0, 0.1) is 12.7 Å². The fourth-order valence-corrected chi connectivity index (χ4v) is 1.01. The molecule has 90 valence electrons. The summed E-state index contributed by atoms with van der Waals surface area (Å²) >= 11 is 0. The van der Waals surface area contributed by atoms with Crippen molar-refractivity contribution in [2.75, 3.05) is 6.61 Å². The third kappa shape index (κ3) is 3.34. The Balaban J connectivity index is 2.86. The number of aliphatic hydroxyl groups is 1. The summed E-state index contributed by atoms with van der Waals surface area (Å²) in [6, 6.07) is 0.897. The molecule has 0 atom stereocenters. The molecule has 1 aromatic rings. The third-order valence-corrected chi connectivity index (χ3v) is 1.78. The fraction of sp³-hybridized carbons (Fsp3) is 0.444. The monoisotopic (exact) mass is 239 g/mol. The molecule has 1 heterocycles. The van der Waals surface area contributed by atoms with Gasteiger partial charge in [0.25, 0.3) is 5.88 Å². The normalized spacial score (nSPS) is 11.6. The Hall–Kier alpha value is -1.37. The minimum absolute atomic E-state index is 0.205. The topological polar surface area (TPSA) is 42.4 Å². The summed E-state index contributed by atoms with van der Waals surface area (Å²) in [5, 5.41) is 8.77. The van der Waals surface area contributed by atoms with Gasteiger partial charge in [-0.3, -0.25) is 0 Å². The van der Waals surface area contributed by atoms with Gasteiger partial charge in [-0.1, -0.05) is 0 Å². The van der Waals surface area contributed by atoms with Crippen LogP contribution in [0.3, 0.4) is 0 Å². The van der Waals surface area contributed by atoms with Gasteiger partial charge in [0.1, 0.15) is 0 Å². The van der Waals surface area contributed by atoms with E-state index in [1.807, 2.05) is 0 Å². The molecule has 0 aliphatic carbocycles. The zero-order valence-corrected chi connectivity index (χ0v) is 8.31. The van der Waals surface area contributed by atoms with Crippen molar-refractivity contribution in [1.82, 2.24) is 4.98 Å². The maximum absolute atomic E-state index is 13.1. The van der Waals surface area contributed by atoms with Crippen LogP contribution in [0.25, 0.3) is 0 Å². The van der Waals surface area contributed by atoms with Crippen molar-refractivity contribution >= 4 is 0 Å². The quantitative estimate of drug-likeness (QED) is 0.820. The van der Waals surface area contributed by atoms with Gasteiger partial charge in [0.15, 0.2) is 12.4 Å². The Bertz CT molecular complexity index is 379. The van der Waals surface area contributed by atoms with Crippen LogP contribution >= 0.6 is 0 Å². The Labute approximate surface area is 88.7 Å². The molecule has 0 saturated heterocycles. The zero-order valence-electron chi connectivity index (χ0n) is 8.31. The molecule has 0 spiro atoms. The van der Waals surface area contributed by atoms with Gasteiger partial charge in [0, 0.05) is 11.3 Å². The minimum atomic E-state index is -4.54. The molecule has 3 nitrogen and oxygen atoms in total. The van der Waals surface area contributed by atoms with Gasteiger partial charge in [0.05, 0.1) is 6.61 Å². The molecule has 0 bridgehead atoms. The Morgan fingerprint density at radius 1 is 1.44 bits per heavy atom. The number of hydrogen-bond donors (Lipinski definition) is 1. The fourth-order valence-electron chi connectivity index (χ4n) is 1.01. The highest BCUT2D eigenvalue weighted by molar-refractivity contribution is 5.26. The summed E-state index contributed by atoms with van der Waals surface area (Å²) in [5.74, 6) is -1.74. The van der Waals surface area contributed by atoms with Crippen LogP contribution in [0.4, 0.5) is 17.6 Å². The largest absolute Gasteiger partial charge is 0.466 e. The average molecular weight is 239 g/mol. The van der Waals surface area contributed by atoms with Crippen LogP contribution in [-0.4, -0.2) is 22.9 Å². The Morgan fingerprint density at radius 3 is 2.56 bits per heavy atom. The second kappa shape index (κ2) is 4.65. The molecular formula is C9H9F4NO2. The van der Waals surface area contributed by atoms with Crippen molar-refractivity contribution in [1.29, 1.82) is 0 Å². The van der Waals surface area contributed by atoms with Crippen LogP contribution in [-0.2, 0) is 6.61 Å². The highest BCUT2D eigenvalue weighted by Crippen LogP contribution is 2.21. The average Bonchev–Trinajstić information content (AvgIpc) is 2.17. The van der Waals surface area contributed by atoms with Crippen molar-refractivity contribution in [3.05, 3.63) is 23.1 Å². The number of rotatable bonds is 3. The molecule has 7 heteroatoms. The number of aliphatic hydroxyl groups excluding tert-OH is 1. The number of pyridine rings is 1. The molecule has 1 rings (SSSR count). The maximum Gasteiger partial charge on any atom is 0.422 e. The van der Waals surface area contributed by atoms with Gasteiger partial charge in [-0.25, -0.2) is 9.37 Å². The first-order valence-corrected chi connectivity index (χ1v) is 4.30. The first-order valence-electron chi connectivity index (χ1n) is 4.30. The van der Waals surface area contributed by atoms with E-state index in [9.17, 15) is 17.6 Å². The number of halogens is 4. The van der Waals surface area contributed by atoms with E-state index in [1.54, 1.807) is 0 Å². The van der Waals surface area contributed by atoms with E-state index in [0.717, 1.165) is 6.07 Å². The molecule has 16 heavy (non-hydrogen) atoms. The molecule has 0 aliphatic rings. The first kappa shape index (κ1) is 12.7. The van der Waals surface area contributed by atoms with Crippen molar-refractivity contribution < 1.29 is 27.4 Å². The van der Waals surface area contributed by atoms with E-state index >= 15 is 0 Å². The molecule has 0 aromatic carbocycles. The number of ether oxygens (including phenoxy) is 1. The molecular weight excluding hydrogens is 230 g/mol. The Morgan fingerprint density at radius 2 is 2.06 bits per heavy atom. The van der Waals surface area contributed by atoms with E-state index in [1.165, 1.54) is 6.92 Å². The van der Waals surface area contributed by atoms with E-state index in [4.69, 9.17) is 5.11 Å². The smallest absolute Gasteiger partial charge is 0.422 e. The van der Waals surface area contributed by atoms with Crippen LogP contribution in [0.2, 0.25) is 0 Å². The molecule has 0 fully saturated rings. The van der Waals surface area contributed by atoms with Crippen LogP contribution in [0.1, 0.15) is 11.3 Å². The lowest BCUT2D eigenvalue weighted by atomic mass is 10.2. The molecule has 0 radical (unpaired) electrons. The summed E-state index contributed by atoms with van der Waals surface area (Å²) in [6.07, 6.45) is -4.54. The van der Waals surface area contributed by atoms with Crippen LogP contribution < -0.4 is 4.74 Å². The maximum atomic E-state index is 13.1. The van der Waals surface area contributed by atoms with Crippen LogP contribution in [0.15, 0.2) is 6.07 Å². The van der Waals surface area contributed by atoms with Crippen molar-refractivity contribution in [3.8, 4) is 5.88 Å². The van der Waals surface area contributed by atoms with Crippen LogP contribution in [0.5, 0.6) is 5.88 Å². The summed E-state index contributed by atoms with van der Waals surface area (Å²) < 4.78 is 52.7. The molecule has 0 amide bonds. The van der Waals surface area contributed by atoms with Gasteiger partial charge in [-0.2, -0.15) is 13.2 Å². The van der Waals surface area contributed by atoms with E-state index in [0.29, 0.717) is 0 Å². The Kier molecular flexibility index (Phi) is 3.69. The lowest BCUT2D eigenvalue weighted by molar-refractivity contribution is -0.154. The summed E-state index contributed by atoms with van der Waals surface area (Å²) in [6.45, 7) is -0.602. The second-order valence-corrected chi connectivity index (χ2v) is 3.08. The second-order valence-electron chi connectivity index (χ2n) is 3.08. The van der Waals surface area contributed by atoms with Gasteiger partial charge in [-0.15, -0.1) is 0 Å². The number of aryl methyl sites for hydroxylation is 1. The number of aromatic nitrogens is 1. The van der Waals surface area contributed by atoms with E-state index in [2.05, 4.69) is 9.72 Å². The molecule has 0 saturated carbocycles. The van der Waals surface area contributed by atoms with E-state index < -0.39 is 31.1 Å². The zero-order chi connectivity index (χ0) is 12.3. The number of alkyl halides is 3. The van der Waals surface area contributed by atoms with Gasteiger partial charge in [0.2, 0.25) is 0 Å². The molecule has 0 aliphatic heterocycles.